The average Bonchev–Trinajstić information content (AvgIpc) is 2.55. The van der Waals surface area contributed by atoms with Crippen molar-refractivity contribution in [3.05, 3.63) is 41.4 Å². The molecule has 1 amide bonds. The minimum Gasteiger partial charge on any atom is -0.304 e. The van der Waals surface area contributed by atoms with E-state index in [4.69, 9.17) is 11.6 Å². The normalized spacial score (nSPS) is 16.6. The van der Waals surface area contributed by atoms with Gasteiger partial charge in [-0.25, -0.2) is 5.01 Å². The van der Waals surface area contributed by atoms with Crippen molar-refractivity contribution in [3.8, 4) is 0 Å². The molecule has 1 heterocycles. The van der Waals surface area contributed by atoms with E-state index >= 15 is 0 Å². The second kappa shape index (κ2) is 7.53. The van der Waals surface area contributed by atoms with Crippen LogP contribution >= 0.6 is 23.4 Å². The van der Waals surface area contributed by atoms with Crippen LogP contribution in [0, 0.1) is 0 Å². The molecular formula is C17H20ClN3OS. The van der Waals surface area contributed by atoms with Crippen LogP contribution in [0.25, 0.3) is 10.8 Å². The summed E-state index contributed by atoms with van der Waals surface area (Å²) in [7, 11) is 2.10. The van der Waals surface area contributed by atoms with Crippen LogP contribution < -0.4 is 5.43 Å². The zero-order valence-corrected chi connectivity index (χ0v) is 14.7. The van der Waals surface area contributed by atoms with Crippen LogP contribution in [-0.2, 0) is 4.79 Å². The lowest BCUT2D eigenvalue weighted by atomic mass is 10.1. The Morgan fingerprint density at radius 1 is 1.17 bits per heavy atom. The quantitative estimate of drug-likeness (QED) is 0.861. The highest BCUT2D eigenvalue weighted by atomic mass is 35.5. The fourth-order valence-electron chi connectivity index (χ4n) is 2.65. The first-order valence-electron chi connectivity index (χ1n) is 7.66. The lowest BCUT2D eigenvalue weighted by Crippen LogP contribution is -2.52. The van der Waals surface area contributed by atoms with Gasteiger partial charge < -0.3 is 4.90 Å². The van der Waals surface area contributed by atoms with Crippen LogP contribution in [0.4, 0.5) is 0 Å². The number of hydrogen-bond donors (Lipinski definition) is 1. The Hall–Kier alpha value is -1.27. The summed E-state index contributed by atoms with van der Waals surface area (Å²) in [4.78, 5) is 15.5. The van der Waals surface area contributed by atoms with Crippen LogP contribution in [0.1, 0.15) is 0 Å². The highest BCUT2D eigenvalue weighted by molar-refractivity contribution is 8.00. The Kier molecular flexibility index (Phi) is 5.43. The van der Waals surface area contributed by atoms with Crippen molar-refractivity contribution >= 4 is 40.0 Å². The molecule has 1 aliphatic heterocycles. The number of hydrazine groups is 1. The molecular weight excluding hydrogens is 330 g/mol. The zero-order valence-electron chi connectivity index (χ0n) is 13.1. The summed E-state index contributed by atoms with van der Waals surface area (Å²) in [6.45, 7) is 3.69. The average molecular weight is 350 g/mol. The van der Waals surface area contributed by atoms with E-state index < -0.39 is 0 Å². The number of fused-ring (bicyclic) bond motifs is 1. The van der Waals surface area contributed by atoms with E-state index in [1.807, 2.05) is 41.4 Å². The van der Waals surface area contributed by atoms with Crippen LogP contribution in [0.2, 0.25) is 5.02 Å². The van der Waals surface area contributed by atoms with Gasteiger partial charge in [0.2, 0.25) is 5.91 Å². The maximum absolute atomic E-state index is 12.2. The number of thioether (sulfide) groups is 1. The highest BCUT2D eigenvalue weighted by Gasteiger charge is 2.16. The van der Waals surface area contributed by atoms with Crippen molar-refractivity contribution < 1.29 is 4.79 Å². The summed E-state index contributed by atoms with van der Waals surface area (Å²) in [5.41, 5.74) is 2.99. The second-order valence-electron chi connectivity index (χ2n) is 5.71. The van der Waals surface area contributed by atoms with Gasteiger partial charge in [0.05, 0.1) is 5.75 Å². The molecule has 0 spiro atoms. The SMILES string of the molecule is CN1CCN(NC(=O)CSc2cccc3cccc(Cl)c23)CC1. The third-order valence-corrected chi connectivity index (χ3v) is 5.33. The van der Waals surface area contributed by atoms with Gasteiger partial charge in [-0.15, -0.1) is 11.8 Å². The summed E-state index contributed by atoms with van der Waals surface area (Å²) in [6, 6.07) is 11.9. The summed E-state index contributed by atoms with van der Waals surface area (Å²) < 4.78 is 0. The lowest BCUT2D eigenvalue weighted by Gasteiger charge is -2.32. The number of hydrogen-bond acceptors (Lipinski definition) is 4. The van der Waals surface area contributed by atoms with Gasteiger partial charge in [-0.2, -0.15) is 0 Å². The van der Waals surface area contributed by atoms with E-state index in [1.165, 1.54) is 11.8 Å². The van der Waals surface area contributed by atoms with Gasteiger partial charge >= 0.3 is 0 Å². The van der Waals surface area contributed by atoms with Gasteiger partial charge in [0.25, 0.3) is 0 Å². The first-order valence-corrected chi connectivity index (χ1v) is 9.03. The molecule has 0 aliphatic carbocycles. The molecule has 0 aromatic heterocycles. The molecule has 1 saturated heterocycles. The standard InChI is InChI=1S/C17H20ClN3OS/c1-20-8-10-21(11-9-20)19-16(22)12-23-15-7-3-5-13-4-2-6-14(18)17(13)15/h2-7H,8-12H2,1H3,(H,19,22). The highest BCUT2D eigenvalue weighted by Crippen LogP contribution is 2.33. The van der Waals surface area contributed by atoms with Crippen molar-refractivity contribution in [2.24, 2.45) is 0 Å². The molecule has 2 aromatic rings. The third kappa shape index (κ3) is 4.18. The zero-order chi connectivity index (χ0) is 16.2. The first kappa shape index (κ1) is 16.6. The molecule has 1 fully saturated rings. The smallest absolute Gasteiger partial charge is 0.244 e. The molecule has 0 bridgehead atoms. The predicted molar refractivity (Wildman–Crippen MR) is 96.9 cm³/mol. The number of nitrogens with one attached hydrogen (secondary N) is 1. The maximum Gasteiger partial charge on any atom is 0.244 e. The summed E-state index contributed by atoms with van der Waals surface area (Å²) >= 11 is 7.85. The van der Waals surface area contributed by atoms with Crippen molar-refractivity contribution in [1.29, 1.82) is 0 Å². The Labute approximate surface area is 145 Å². The van der Waals surface area contributed by atoms with Gasteiger partial charge in [0, 0.05) is 41.5 Å². The van der Waals surface area contributed by atoms with Crippen LogP contribution in [0.15, 0.2) is 41.3 Å². The van der Waals surface area contributed by atoms with Crippen molar-refractivity contribution in [2.75, 3.05) is 39.0 Å². The number of carbonyl (C=O) groups excluding carboxylic acids is 1. The Morgan fingerprint density at radius 2 is 1.87 bits per heavy atom. The van der Waals surface area contributed by atoms with Crippen molar-refractivity contribution in [3.63, 3.8) is 0 Å². The van der Waals surface area contributed by atoms with Crippen molar-refractivity contribution in [2.45, 2.75) is 4.90 Å². The Bertz CT molecular complexity index is 696. The second-order valence-corrected chi connectivity index (χ2v) is 7.13. The number of benzene rings is 2. The van der Waals surface area contributed by atoms with Gasteiger partial charge in [-0.3, -0.25) is 10.2 Å². The number of rotatable bonds is 4. The third-order valence-electron chi connectivity index (χ3n) is 3.96. The fourth-order valence-corrected chi connectivity index (χ4v) is 3.89. The molecule has 23 heavy (non-hydrogen) atoms. The first-order chi connectivity index (χ1) is 11.1. The summed E-state index contributed by atoms with van der Waals surface area (Å²) in [6.07, 6.45) is 0. The minimum absolute atomic E-state index is 0.0311. The van der Waals surface area contributed by atoms with Gasteiger partial charge in [0.1, 0.15) is 0 Å². The molecule has 4 nitrogen and oxygen atoms in total. The van der Waals surface area contributed by atoms with E-state index in [-0.39, 0.29) is 5.91 Å². The summed E-state index contributed by atoms with van der Waals surface area (Å²) in [5.74, 6) is 0.417. The monoisotopic (exact) mass is 349 g/mol. The lowest BCUT2D eigenvalue weighted by molar-refractivity contribution is -0.124. The molecule has 122 valence electrons. The van der Waals surface area contributed by atoms with E-state index in [9.17, 15) is 4.79 Å². The topological polar surface area (TPSA) is 35.6 Å². The number of amides is 1. The summed E-state index contributed by atoms with van der Waals surface area (Å²) in [5, 5.41) is 4.85. The number of piperazine rings is 1. The van der Waals surface area contributed by atoms with E-state index in [2.05, 4.69) is 17.4 Å². The van der Waals surface area contributed by atoms with Gasteiger partial charge in [-0.05, 0) is 24.6 Å². The Balaban J connectivity index is 1.61. The number of halogens is 1. The molecule has 1 aliphatic rings. The van der Waals surface area contributed by atoms with Crippen LogP contribution in [-0.4, -0.2) is 54.8 Å². The van der Waals surface area contributed by atoms with E-state index in [0.717, 1.165) is 46.9 Å². The van der Waals surface area contributed by atoms with Crippen LogP contribution in [0.3, 0.4) is 0 Å². The fraction of sp³-hybridized carbons (Fsp3) is 0.353. The van der Waals surface area contributed by atoms with Crippen LogP contribution in [0.5, 0.6) is 0 Å². The number of carbonyl (C=O) groups is 1. The largest absolute Gasteiger partial charge is 0.304 e. The molecule has 1 N–H and O–H groups in total. The molecule has 2 aromatic carbocycles. The Morgan fingerprint density at radius 3 is 2.61 bits per heavy atom. The van der Waals surface area contributed by atoms with Gasteiger partial charge in [0.15, 0.2) is 0 Å². The molecule has 0 atom stereocenters. The molecule has 0 unspecified atom stereocenters. The number of likely N-dealkylation sites (N-methyl/N-ethyl adjacent to an activating group) is 1. The van der Waals surface area contributed by atoms with E-state index in [0.29, 0.717) is 5.75 Å². The number of nitrogens with zero attached hydrogens (tertiary/aromatic N) is 2. The maximum atomic E-state index is 12.2. The van der Waals surface area contributed by atoms with Gasteiger partial charge in [-0.1, -0.05) is 35.9 Å². The molecule has 0 saturated carbocycles. The predicted octanol–water partition coefficient (Wildman–Crippen LogP) is 2.86. The van der Waals surface area contributed by atoms with Crippen molar-refractivity contribution in [1.82, 2.24) is 15.3 Å². The minimum atomic E-state index is 0.0311. The molecule has 0 radical (unpaired) electrons. The molecule has 3 rings (SSSR count). The van der Waals surface area contributed by atoms with E-state index in [1.54, 1.807) is 0 Å². The molecule has 6 heteroatoms.